The van der Waals surface area contributed by atoms with Gasteiger partial charge in [0, 0.05) is 0 Å². The summed E-state index contributed by atoms with van der Waals surface area (Å²) in [4.78, 5) is 29.3. The molecule has 7 nitrogen and oxygen atoms in total. The minimum absolute atomic E-state index is 0.187. The monoisotopic (exact) mass is 211 g/mol. The van der Waals surface area contributed by atoms with Crippen LogP contribution in [0.3, 0.4) is 0 Å². The smallest absolute Gasteiger partial charge is 0.139 e. The molecule has 0 atom stereocenters. The average Bonchev–Trinajstić information content (AvgIpc) is 2.21. The number of hydrogen-bond donors (Lipinski definition) is 0. The van der Waals surface area contributed by atoms with E-state index in [1.807, 2.05) is 6.92 Å². The van der Waals surface area contributed by atoms with Gasteiger partial charge in [0.15, 0.2) is 0 Å². The second kappa shape index (κ2) is 10.8. The molecule has 0 saturated carbocycles. The molecule has 0 radical (unpaired) electrons. The van der Waals surface area contributed by atoms with Crippen LogP contribution in [0.1, 0.15) is 6.92 Å². The van der Waals surface area contributed by atoms with Crippen molar-refractivity contribution in [2.45, 2.75) is 6.92 Å². The Hall–Kier alpha value is -0.280. The van der Waals surface area contributed by atoms with E-state index in [-0.39, 0.29) is 20.2 Å². The highest BCUT2D eigenvalue weighted by Crippen LogP contribution is 1.92. The van der Waals surface area contributed by atoms with Gasteiger partial charge < -0.3 is 0 Å². The van der Waals surface area contributed by atoms with Crippen molar-refractivity contribution in [2.24, 2.45) is 0 Å². The van der Waals surface area contributed by atoms with Crippen LogP contribution in [0.4, 0.5) is 0 Å². The molecule has 0 bridgehead atoms. The first-order valence-electron chi connectivity index (χ1n) is 4.13. The minimum atomic E-state index is 0.187. The lowest BCUT2D eigenvalue weighted by molar-refractivity contribution is -0.371. The van der Waals surface area contributed by atoms with Gasteiger partial charge in [-0.25, -0.2) is 34.2 Å². The van der Waals surface area contributed by atoms with Gasteiger partial charge >= 0.3 is 0 Å². The minimum Gasteiger partial charge on any atom is -0.239 e. The van der Waals surface area contributed by atoms with Crippen LogP contribution in [0, 0.1) is 0 Å². The SMILES string of the molecule is CCOOCN(COOC)COOC. The van der Waals surface area contributed by atoms with E-state index in [1.54, 1.807) is 4.90 Å². The Labute approximate surface area is 83.2 Å². The Morgan fingerprint density at radius 2 is 1.29 bits per heavy atom. The molecule has 0 heterocycles. The molecule has 0 fully saturated rings. The van der Waals surface area contributed by atoms with Crippen LogP contribution >= 0.6 is 0 Å². The van der Waals surface area contributed by atoms with E-state index in [1.165, 1.54) is 14.2 Å². The lowest BCUT2D eigenvalue weighted by atomic mass is 10.9. The van der Waals surface area contributed by atoms with Gasteiger partial charge in [0.2, 0.25) is 0 Å². The topological polar surface area (TPSA) is 58.6 Å². The van der Waals surface area contributed by atoms with E-state index in [9.17, 15) is 0 Å². The molecule has 0 saturated heterocycles. The normalized spacial score (nSPS) is 11.1. The van der Waals surface area contributed by atoms with Gasteiger partial charge in [-0.05, 0) is 6.92 Å². The molecule has 7 heteroatoms. The highest BCUT2D eigenvalue weighted by molar-refractivity contribution is 4.32. The molecule has 0 rings (SSSR count). The van der Waals surface area contributed by atoms with Gasteiger partial charge in [0.1, 0.15) is 20.2 Å². The maximum Gasteiger partial charge on any atom is 0.139 e. The van der Waals surface area contributed by atoms with Crippen molar-refractivity contribution in [1.29, 1.82) is 0 Å². The summed E-state index contributed by atoms with van der Waals surface area (Å²) >= 11 is 0. The van der Waals surface area contributed by atoms with Gasteiger partial charge in [0.25, 0.3) is 0 Å². The summed E-state index contributed by atoms with van der Waals surface area (Å²) in [5.41, 5.74) is 0. The molecule has 0 aromatic carbocycles. The van der Waals surface area contributed by atoms with Crippen molar-refractivity contribution in [3.8, 4) is 0 Å². The molecule has 0 unspecified atom stereocenters. The molecule has 0 aromatic rings. The van der Waals surface area contributed by atoms with Crippen LogP contribution in [0.25, 0.3) is 0 Å². The zero-order valence-electron chi connectivity index (χ0n) is 8.73. The van der Waals surface area contributed by atoms with Gasteiger partial charge in [-0.15, -0.1) is 0 Å². The Morgan fingerprint density at radius 3 is 1.71 bits per heavy atom. The van der Waals surface area contributed by atoms with Crippen molar-refractivity contribution in [3.63, 3.8) is 0 Å². The van der Waals surface area contributed by atoms with Gasteiger partial charge in [-0.2, -0.15) is 0 Å². The van der Waals surface area contributed by atoms with Crippen LogP contribution in [0.2, 0.25) is 0 Å². The van der Waals surface area contributed by atoms with Crippen LogP contribution in [0.15, 0.2) is 0 Å². The van der Waals surface area contributed by atoms with Gasteiger partial charge in [-0.3, -0.25) is 0 Å². The van der Waals surface area contributed by atoms with E-state index in [4.69, 9.17) is 4.89 Å². The Bertz CT molecular complexity index is 106. The van der Waals surface area contributed by atoms with E-state index in [2.05, 4.69) is 24.4 Å². The fourth-order valence-electron chi connectivity index (χ4n) is 0.561. The van der Waals surface area contributed by atoms with Crippen LogP contribution in [0.5, 0.6) is 0 Å². The molecule has 0 aliphatic carbocycles. The molecule has 86 valence electrons. The quantitative estimate of drug-likeness (QED) is 0.223. The van der Waals surface area contributed by atoms with Gasteiger partial charge in [0.05, 0.1) is 20.8 Å². The molecule has 0 aliphatic rings. The lowest BCUT2D eigenvalue weighted by Crippen LogP contribution is -2.31. The van der Waals surface area contributed by atoms with E-state index >= 15 is 0 Å². The summed E-state index contributed by atoms with van der Waals surface area (Å²) in [7, 11) is 2.83. The molecule has 0 aromatic heterocycles. The summed E-state index contributed by atoms with van der Waals surface area (Å²) in [5.74, 6) is 0. The average molecular weight is 211 g/mol. The maximum atomic E-state index is 4.79. The molecular formula is C7H17NO6. The maximum absolute atomic E-state index is 4.79. The van der Waals surface area contributed by atoms with E-state index in [0.29, 0.717) is 6.61 Å². The summed E-state index contributed by atoms with van der Waals surface area (Å²) in [6.07, 6.45) is 0. The summed E-state index contributed by atoms with van der Waals surface area (Å²) in [6, 6.07) is 0. The Kier molecular flexibility index (Phi) is 10.6. The van der Waals surface area contributed by atoms with Crippen molar-refractivity contribution in [3.05, 3.63) is 0 Å². The fraction of sp³-hybridized carbons (Fsp3) is 1.00. The molecule has 0 aliphatic heterocycles. The second-order valence-corrected chi connectivity index (χ2v) is 2.15. The zero-order chi connectivity index (χ0) is 10.6. The molecule has 0 amide bonds. The predicted octanol–water partition coefficient (Wildman–Crippen LogP) is 0.285. The molecular weight excluding hydrogens is 194 g/mol. The third kappa shape index (κ3) is 8.32. The summed E-state index contributed by atoms with van der Waals surface area (Å²) in [5, 5.41) is 0. The molecule has 14 heavy (non-hydrogen) atoms. The third-order valence-corrected chi connectivity index (χ3v) is 1.14. The standard InChI is InChI=1S/C7H17NO6/c1-4-11-14-7-8(5-12-9-2)6-13-10-3/h4-7H2,1-3H3. The van der Waals surface area contributed by atoms with Crippen molar-refractivity contribution < 1.29 is 29.3 Å². The largest absolute Gasteiger partial charge is 0.239 e. The fourth-order valence-corrected chi connectivity index (χ4v) is 0.561. The Balaban J connectivity index is 3.49. The summed E-state index contributed by atoms with van der Waals surface area (Å²) < 4.78 is 0. The first kappa shape index (κ1) is 13.7. The van der Waals surface area contributed by atoms with Crippen LogP contribution in [-0.2, 0) is 29.3 Å². The molecule has 0 N–H and O–H groups in total. The number of hydrogen-bond acceptors (Lipinski definition) is 7. The van der Waals surface area contributed by atoms with Crippen LogP contribution < -0.4 is 0 Å². The Morgan fingerprint density at radius 1 is 0.786 bits per heavy atom. The van der Waals surface area contributed by atoms with Crippen molar-refractivity contribution in [2.75, 3.05) is 41.0 Å². The zero-order valence-corrected chi connectivity index (χ0v) is 8.73. The second-order valence-electron chi connectivity index (χ2n) is 2.15. The van der Waals surface area contributed by atoms with E-state index < -0.39 is 0 Å². The highest BCUT2D eigenvalue weighted by atomic mass is 17.2. The first-order chi connectivity index (χ1) is 6.85. The third-order valence-electron chi connectivity index (χ3n) is 1.14. The number of nitrogens with zero attached hydrogens (tertiary/aromatic N) is 1. The molecule has 0 spiro atoms. The summed E-state index contributed by atoms with van der Waals surface area (Å²) in [6.45, 7) is 2.87. The van der Waals surface area contributed by atoms with Crippen molar-refractivity contribution in [1.82, 2.24) is 4.90 Å². The highest BCUT2D eigenvalue weighted by Gasteiger charge is 2.06. The number of rotatable bonds is 10. The predicted molar refractivity (Wildman–Crippen MR) is 45.3 cm³/mol. The van der Waals surface area contributed by atoms with Crippen molar-refractivity contribution >= 4 is 0 Å². The van der Waals surface area contributed by atoms with Gasteiger partial charge in [-0.1, -0.05) is 0 Å². The van der Waals surface area contributed by atoms with E-state index in [0.717, 1.165) is 0 Å². The first-order valence-corrected chi connectivity index (χ1v) is 4.13. The van der Waals surface area contributed by atoms with Crippen LogP contribution in [-0.4, -0.2) is 45.9 Å². The lowest BCUT2D eigenvalue weighted by Gasteiger charge is -2.18.